The minimum atomic E-state index is -4.41. The molecule has 3 rings (SSSR count). The number of nitrogens with zero attached hydrogens (tertiary/aromatic N) is 1. The molecule has 0 radical (unpaired) electrons. The molecule has 152 valence electrons. The minimum Gasteiger partial charge on any atom is -0.361 e. The second-order valence-corrected chi connectivity index (χ2v) is 7.48. The van der Waals surface area contributed by atoms with Gasteiger partial charge in [-0.3, -0.25) is 4.79 Å². The first-order valence-electron chi connectivity index (χ1n) is 9.02. The molecule has 0 aliphatic rings. The molecular weight excluding hydrogens is 399 g/mol. The Hall–Kier alpha value is -2.87. The number of halogens is 3. The number of aromatic nitrogens is 1. The molecule has 1 heterocycles. The molecule has 0 fully saturated rings. The Morgan fingerprint density at radius 3 is 2.52 bits per heavy atom. The smallest absolute Gasteiger partial charge is 0.361 e. The number of aryl methyl sites for hydroxylation is 1. The molecule has 0 atom stereocenters. The van der Waals surface area contributed by atoms with E-state index < -0.39 is 11.7 Å². The van der Waals surface area contributed by atoms with E-state index in [1.54, 1.807) is 13.0 Å². The number of carbonyl (C=O) groups is 1. The SMILES string of the molecule is Cc1nc(NCCc2ccccc2)sc1C(=O)NCc1cccc(C(F)(F)F)c1. The summed E-state index contributed by atoms with van der Waals surface area (Å²) in [4.78, 5) is 17.2. The van der Waals surface area contributed by atoms with Gasteiger partial charge in [-0.25, -0.2) is 4.98 Å². The van der Waals surface area contributed by atoms with Crippen LogP contribution in [0.15, 0.2) is 54.6 Å². The summed E-state index contributed by atoms with van der Waals surface area (Å²) < 4.78 is 38.4. The third kappa shape index (κ3) is 5.80. The van der Waals surface area contributed by atoms with Crippen LogP contribution in [0.25, 0.3) is 0 Å². The highest BCUT2D eigenvalue weighted by molar-refractivity contribution is 7.17. The predicted octanol–water partition coefficient (Wildman–Crippen LogP) is 5.05. The number of benzene rings is 2. The minimum absolute atomic E-state index is 0.0108. The Morgan fingerprint density at radius 2 is 1.79 bits per heavy atom. The molecule has 0 spiro atoms. The molecule has 0 bridgehead atoms. The maximum Gasteiger partial charge on any atom is 0.416 e. The summed E-state index contributed by atoms with van der Waals surface area (Å²) in [5, 5.41) is 6.52. The third-order valence-corrected chi connectivity index (χ3v) is 5.36. The van der Waals surface area contributed by atoms with Crippen LogP contribution in [-0.4, -0.2) is 17.4 Å². The van der Waals surface area contributed by atoms with E-state index in [1.165, 1.54) is 23.0 Å². The third-order valence-electron chi connectivity index (χ3n) is 4.24. The Labute approximate surface area is 170 Å². The zero-order valence-corrected chi connectivity index (χ0v) is 16.5. The van der Waals surface area contributed by atoms with Gasteiger partial charge in [0.05, 0.1) is 11.3 Å². The van der Waals surface area contributed by atoms with Crippen LogP contribution in [0.3, 0.4) is 0 Å². The second-order valence-electron chi connectivity index (χ2n) is 6.48. The van der Waals surface area contributed by atoms with Crippen LogP contribution < -0.4 is 10.6 Å². The molecule has 1 amide bonds. The molecule has 29 heavy (non-hydrogen) atoms. The van der Waals surface area contributed by atoms with Crippen molar-refractivity contribution in [2.24, 2.45) is 0 Å². The normalized spacial score (nSPS) is 11.3. The molecule has 4 nitrogen and oxygen atoms in total. The van der Waals surface area contributed by atoms with E-state index in [-0.39, 0.29) is 12.5 Å². The average molecular weight is 419 g/mol. The molecule has 8 heteroatoms. The fourth-order valence-corrected chi connectivity index (χ4v) is 3.67. The summed E-state index contributed by atoms with van der Waals surface area (Å²) in [7, 11) is 0. The predicted molar refractivity (Wildman–Crippen MR) is 108 cm³/mol. The molecule has 0 saturated carbocycles. The Bertz CT molecular complexity index is 971. The lowest BCUT2D eigenvalue weighted by Gasteiger charge is -2.09. The summed E-state index contributed by atoms with van der Waals surface area (Å²) in [6.07, 6.45) is -3.58. The van der Waals surface area contributed by atoms with Crippen LogP contribution in [0.5, 0.6) is 0 Å². The van der Waals surface area contributed by atoms with Gasteiger partial charge in [-0.1, -0.05) is 53.8 Å². The van der Waals surface area contributed by atoms with Gasteiger partial charge in [0.15, 0.2) is 5.13 Å². The van der Waals surface area contributed by atoms with Crippen LogP contribution in [0.4, 0.5) is 18.3 Å². The highest BCUT2D eigenvalue weighted by Gasteiger charge is 2.30. The van der Waals surface area contributed by atoms with Crippen molar-refractivity contribution in [1.82, 2.24) is 10.3 Å². The number of rotatable bonds is 7. The Balaban J connectivity index is 1.56. The molecule has 2 aromatic carbocycles. The first kappa shape index (κ1) is 20.9. The van der Waals surface area contributed by atoms with Crippen molar-refractivity contribution in [2.45, 2.75) is 26.1 Å². The van der Waals surface area contributed by atoms with Gasteiger partial charge in [0.25, 0.3) is 5.91 Å². The zero-order chi connectivity index (χ0) is 20.9. The summed E-state index contributed by atoms with van der Waals surface area (Å²) in [5.74, 6) is -0.353. The van der Waals surface area contributed by atoms with Crippen molar-refractivity contribution in [1.29, 1.82) is 0 Å². The van der Waals surface area contributed by atoms with E-state index in [0.717, 1.165) is 18.6 Å². The lowest BCUT2D eigenvalue weighted by molar-refractivity contribution is -0.137. The monoisotopic (exact) mass is 419 g/mol. The van der Waals surface area contributed by atoms with Crippen LogP contribution in [0.2, 0.25) is 0 Å². The van der Waals surface area contributed by atoms with Gasteiger partial charge in [-0.2, -0.15) is 13.2 Å². The largest absolute Gasteiger partial charge is 0.416 e. The van der Waals surface area contributed by atoms with E-state index >= 15 is 0 Å². The van der Waals surface area contributed by atoms with Gasteiger partial charge in [-0.05, 0) is 36.6 Å². The van der Waals surface area contributed by atoms with Crippen molar-refractivity contribution < 1.29 is 18.0 Å². The second kappa shape index (κ2) is 9.09. The fraction of sp³-hybridized carbons (Fsp3) is 0.238. The molecule has 0 aliphatic carbocycles. The molecular formula is C21H20F3N3OS. The number of thiazole rings is 1. The number of carbonyl (C=O) groups excluding carboxylic acids is 1. The Morgan fingerprint density at radius 1 is 1.07 bits per heavy atom. The topological polar surface area (TPSA) is 54.0 Å². The molecule has 0 unspecified atom stereocenters. The summed E-state index contributed by atoms with van der Waals surface area (Å²) in [5.41, 5.74) is 1.44. The van der Waals surface area contributed by atoms with Gasteiger partial charge < -0.3 is 10.6 Å². The van der Waals surface area contributed by atoms with Gasteiger partial charge >= 0.3 is 6.18 Å². The van der Waals surface area contributed by atoms with Crippen molar-refractivity contribution >= 4 is 22.4 Å². The standard InChI is InChI=1S/C21H20F3N3OS/c1-14-18(29-20(27-14)25-11-10-15-6-3-2-4-7-15)19(28)26-13-16-8-5-9-17(12-16)21(22,23)24/h2-9,12H,10-11,13H2,1H3,(H,25,27)(H,26,28). The number of anilines is 1. The number of hydrogen-bond acceptors (Lipinski definition) is 4. The maximum absolute atomic E-state index is 12.8. The van der Waals surface area contributed by atoms with Gasteiger partial charge in [0.1, 0.15) is 4.88 Å². The number of alkyl halides is 3. The van der Waals surface area contributed by atoms with E-state index in [0.29, 0.717) is 27.8 Å². The number of amides is 1. The fourth-order valence-electron chi connectivity index (χ4n) is 2.76. The molecule has 1 aromatic heterocycles. The van der Waals surface area contributed by atoms with Crippen LogP contribution >= 0.6 is 11.3 Å². The first-order valence-corrected chi connectivity index (χ1v) is 9.84. The lowest BCUT2D eigenvalue weighted by Crippen LogP contribution is -2.22. The highest BCUT2D eigenvalue weighted by Crippen LogP contribution is 2.29. The lowest BCUT2D eigenvalue weighted by atomic mass is 10.1. The number of nitrogens with one attached hydrogen (secondary N) is 2. The van der Waals surface area contributed by atoms with E-state index in [9.17, 15) is 18.0 Å². The van der Waals surface area contributed by atoms with Crippen LogP contribution in [0.1, 0.15) is 32.1 Å². The summed E-state index contributed by atoms with van der Waals surface area (Å²) in [6.45, 7) is 2.43. The van der Waals surface area contributed by atoms with Crippen molar-refractivity contribution in [3.05, 3.63) is 81.9 Å². The average Bonchev–Trinajstić information content (AvgIpc) is 3.07. The van der Waals surface area contributed by atoms with Gasteiger partial charge in [-0.15, -0.1) is 0 Å². The zero-order valence-electron chi connectivity index (χ0n) is 15.7. The van der Waals surface area contributed by atoms with E-state index in [1.807, 2.05) is 30.3 Å². The van der Waals surface area contributed by atoms with Crippen LogP contribution in [0, 0.1) is 6.92 Å². The van der Waals surface area contributed by atoms with Crippen molar-refractivity contribution in [2.75, 3.05) is 11.9 Å². The molecule has 0 saturated heterocycles. The van der Waals surface area contributed by atoms with Crippen LogP contribution in [-0.2, 0) is 19.1 Å². The maximum atomic E-state index is 12.8. The highest BCUT2D eigenvalue weighted by atomic mass is 32.1. The molecule has 0 aliphatic heterocycles. The number of hydrogen-bond donors (Lipinski definition) is 2. The van der Waals surface area contributed by atoms with E-state index in [2.05, 4.69) is 15.6 Å². The summed E-state index contributed by atoms with van der Waals surface area (Å²) >= 11 is 1.23. The Kier molecular flexibility index (Phi) is 6.53. The quantitative estimate of drug-likeness (QED) is 0.563. The van der Waals surface area contributed by atoms with Crippen molar-refractivity contribution in [3.63, 3.8) is 0 Å². The first-order chi connectivity index (χ1) is 13.8. The van der Waals surface area contributed by atoms with Gasteiger partial charge in [0.2, 0.25) is 0 Å². The van der Waals surface area contributed by atoms with E-state index in [4.69, 9.17) is 0 Å². The molecule has 2 N–H and O–H groups in total. The van der Waals surface area contributed by atoms with Gasteiger partial charge in [0, 0.05) is 13.1 Å². The summed E-state index contributed by atoms with van der Waals surface area (Å²) in [6, 6.07) is 14.9. The molecule has 3 aromatic rings. The van der Waals surface area contributed by atoms with Crippen molar-refractivity contribution in [3.8, 4) is 0 Å².